The third-order valence-electron chi connectivity index (χ3n) is 12.5. The Hall–Kier alpha value is -2.89. The van der Waals surface area contributed by atoms with Crippen molar-refractivity contribution in [1.29, 1.82) is 0 Å². The molecular weight excluding hydrogens is 829 g/mol. The van der Waals surface area contributed by atoms with Crippen molar-refractivity contribution >= 4 is 17.9 Å². The fourth-order valence-corrected chi connectivity index (χ4v) is 8.22. The molecule has 67 heavy (non-hydrogen) atoms. The highest BCUT2D eigenvalue weighted by Crippen LogP contribution is 2.16. The molecule has 0 aliphatic rings. The van der Waals surface area contributed by atoms with Gasteiger partial charge in [-0.1, -0.05) is 261 Å². The van der Waals surface area contributed by atoms with Crippen LogP contribution in [0.1, 0.15) is 290 Å². The normalized spacial score (nSPS) is 12.5. The number of carbonyl (C=O) groups is 3. The molecule has 0 fully saturated rings. The minimum absolute atomic E-state index is 0.100. The van der Waals surface area contributed by atoms with Gasteiger partial charge in [-0.3, -0.25) is 14.4 Å². The zero-order valence-corrected chi connectivity index (χ0v) is 44.4. The van der Waals surface area contributed by atoms with Crippen LogP contribution in [0.2, 0.25) is 0 Å². The molecule has 0 aromatic heterocycles. The van der Waals surface area contributed by atoms with Gasteiger partial charge >= 0.3 is 17.9 Å². The molecule has 1 atom stereocenters. The Morgan fingerprint density at radius 1 is 0.313 bits per heavy atom. The monoisotopic (exact) mass is 937 g/mol. The van der Waals surface area contributed by atoms with Crippen molar-refractivity contribution in [2.75, 3.05) is 13.2 Å². The first kappa shape index (κ1) is 64.1. The van der Waals surface area contributed by atoms with Crippen LogP contribution in [0.3, 0.4) is 0 Å². The van der Waals surface area contributed by atoms with Crippen LogP contribution in [0.5, 0.6) is 0 Å². The predicted molar refractivity (Wildman–Crippen MR) is 288 cm³/mol. The van der Waals surface area contributed by atoms with E-state index in [0.29, 0.717) is 19.3 Å². The zero-order valence-electron chi connectivity index (χ0n) is 44.4. The maximum Gasteiger partial charge on any atom is 0.306 e. The van der Waals surface area contributed by atoms with Gasteiger partial charge < -0.3 is 14.2 Å². The first-order valence-electron chi connectivity index (χ1n) is 28.8. The minimum atomic E-state index is -0.810. The van der Waals surface area contributed by atoms with E-state index in [4.69, 9.17) is 14.2 Å². The Bertz CT molecular complexity index is 1210. The summed E-state index contributed by atoms with van der Waals surface area (Å²) in [6, 6.07) is 0. The average Bonchev–Trinajstić information content (AvgIpc) is 3.33. The van der Waals surface area contributed by atoms with E-state index in [-0.39, 0.29) is 37.5 Å². The highest BCUT2D eigenvalue weighted by Gasteiger charge is 2.19. The number of allylic oxidation sites excluding steroid dienone is 10. The maximum atomic E-state index is 12.8. The van der Waals surface area contributed by atoms with E-state index in [2.05, 4.69) is 75.5 Å². The summed E-state index contributed by atoms with van der Waals surface area (Å²) in [5, 5.41) is 0. The molecule has 0 heterocycles. The summed E-state index contributed by atoms with van der Waals surface area (Å²) in [5.74, 6) is -0.973. The Morgan fingerprint density at radius 2 is 0.612 bits per heavy atom. The van der Waals surface area contributed by atoms with Crippen LogP contribution in [0.15, 0.2) is 60.8 Å². The van der Waals surface area contributed by atoms with Crippen LogP contribution in [0.4, 0.5) is 0 Å². The van der Waals surface area contributed by atoms with Gasteiger partial charge in [-0.2, -0.15) is 0 Å². The molecule has 0 spiro atoms. The summed E-state index contributed by atoms with van der Waals surface area (Å²) in [7, 11) is 0. The Kier molecular flexibility index (Phi) is 53.3. The fourth-order valence-electron chi connectivity index (χ4n) is 8.22. The molecule has 0 aromatic carbocycles. The van der Waals surface area contributed by atoms with E-state index in [1.165, 1.54) is 180 Å². The molecular formula is C61H108O6. The van der Waals surface area contributed by atoms with Crippen molar-refractivity contribution < 1.29 is 28.6 Å². The summed E-state index contributed by atoms with van der Waals surface area (Å²) in [4.78, 5) is 38.0. The molecule has 388 valence electrons. The molecule has 0 aromatic rings. The van der Waals surface area contributed by atoms with Gasteiger partial charge in [0.15, 0.2) is 6.10 Å². The van der Waals surface area contributed by atoms with Crippen LogP contribution in [-0.4, -0.2) is 37.2 Å². The van der Waals surface area contributed by atoms with Crippen LogP contribution < -0.4 is 0 Å². The standard InChI is InChI=1S/C61H108O6/c1-4-7-10-13-16-19-22-25-26-27-28-29-30-31-32-33-34-37-39-42-45-48-51-54-60(63)66-57-58(67-61(64)55-52-49-46-43-40-36-24-21-18-15-12-9-6-3)56-65-59(62)53-50-47-44-41-38-35-23-20-17-14-11-8-5-2/h9,12,18,21,27-28,36,40,46,49,58H,4-8,10-11,13-17,19-20,22-26,29-35,37-39,41-45,47-48,50-57H2,1-3H3/b12-9-,21-18-,28-27-,40-36-,49-46-. The van der Waals surface area contributed by atoms with Gasteiger partial charge in [0.2, 0.25) is 0 Å². The highest BCUT2D eigenvalue weighted by molar-refractivity contribution is 5.71. The van der Waals surface area contributed by atoms with Crippen molar-refractivity contribution in [2.45, 2.75) is 297 Å². The molecule has 0 bridgehead atoms. The van der Waals surface area contributed by atoms with E-state index in [1.54, 1.807) is 0 Å². The molecule has 0 aliphatic carbocycles. The number of hydrogen-bond acceptors (Lipinski definition) is 6. The van der Waals surface area contributed by atoms with Crippen molar-refractivity contribution in [3.05, 3.63) is 60.8 Å². The fraction of sp³-hybridized carbons (Fsp3) is 0.787. The first-order valence-corrected chi connectivity index (χ1v) is 28.8. The number of unbranched alkanes of at least 4 members (excludes halogenated alkanes) is 31. The molecule has 6 nitrogen and oxygen atoms in total. The third-order valence-corrected chi connectivity index (χ3v) is 12.5. The molecule has 0 saturated carbocycles. The van der Waals surface area contributed by atoms with Gasteiger partial charge in [-0.25, -0.2) is 0 Å². The molecule has 6 heteroatoms. The van der Waals surface area contributed by atoms with E-state index in [0.717, 1.165) is 64.2 Å². The van der Waals surface area contributed by atoms with Gasteiger partial charge in [0, 0.05) is 19.3 Å². The molecule has 0 amide bonds. The lowest BCUT2D eigenvalue weighted by atomic mass is 10.0. The van der Waals surface area contributed by atoms with Crippen LogP contribution >= 0.6 is 0 Å². The second-order valence-electron chi connectivity index (χ2n) is 19.2. The van der Waals surface area contributed by atoms with E-state index < -0.39 is 6.10 Å². The second kappa shape index (κ2) is 55.7. The predicted octanol–water partition coefficient (Wildman–Crippen LogP) is 19.2. The Balaban J connectivity index is 4.31. The Labute approximate surface area is 415 Å². The zero-order chi connectivity index (χ0) is 48.6. The van der Waals surface area contributed by atoms with Gasteiger partial charge in [0.05, 0.1) is 0 Å². The van der Waals surface area contributed by atoms with Gasteiger partial charge in [0.1, 0.15) is 13.2 Å². The van der Waals surface area contributed by atoms with Crippen molar-refractivity contribution in [3.8, 4) is 0 Å². The lowest BCUT2D eigenvalue weighted by molar-refractivity contribution is -0.166. The van der Waals surface area contributed by atoms with Crippen LogP contribution in [0, 0.1) is 0 Å². The molecule has 0 N–H and O–H groups in total. The largest absolute Gasteiger partial charge is 0.462 e. The Morgan fingerprint density at radius 3 is 0.970 bits per heavy atom. The molecule has 0 saturated heterocycles. The minimum Gasteiger partial charge on any atom is -0.462 e. The number of esters is 3. The smallest absolute Gasteiger partial charge is 0.306 e. The summed E-state index contributed by atoms with van der Waals surface area (Å²) >= 11 is 0. The molecule has 1 unspecified atom stereocenters. The number of rotatable bonds is 52. The SMILES string of the molecule is CC/C=C\C/C=C\C/C=C\C/C=C\CCC(=O)OC(COC(=O)CCCCCCCCCCCCC/C=C\CCCCCCCCCC)COC(=O)CCCCCCCCCCCCCCC. The summed E-state index contributed by atoms with van der Waals surface area (Å²) in [6.45, 7) is 6.49. The van der Waals surface area contributed by atoms with Gasteiger partial charge in [0.25, 0.3) is 0 Å². The highest BCUT2D eigenvalue weighted by atomic mass is 16.6. The number of ether oxygens (including phenoxy) is 3. The van der Waals surface area contributed by atoms with E-state index in [9.17, 15) is 14.4 Å². The topological polar surface area (TPSA) is 78.9 Å². The van der Waals surface area contributed by atoms with Gasteiger partial charge in [-0.05, 0) is 70.6 Å². The number of hydrogen-bond donors (Lipinski definition) is 0. The average molecular weight is 938 g/mol. The molecule has 0 aliphatic heterocycles. The summed E-state index contributed by atoms with van der Waals surface area (Å²) in [6.07, 6.45) is 69.5. The second-order valence-corrected chi connectivity index (χ2v) is 19.2. The van der Waals surface area contributed by atoms with E-state index >= 15 is 0 Å². The summed E-state index contributed by atoms with van der Waals surface area (Å²) in [5.41, 5.74) is 0. The van der Waals surface area contributed by atoms with Gasteiger partial charge in [-0.15, -0.1) is 0 Å². The van der Waals surface area contributed by atoms with Crippen molar-refractivity contribution in [1.82, 2.24) is 0 Å². The van der Waals surface area contributed by atoms with Crippen molar-refractivity contribution in [3.63, 3.8) is 0 Å². The maximum absolute atomic E-state index is 12.8. The lowest BCUT2D eigenvalue weighted by Gasteiger charge is -2.18. The quantitative estimate of drug-likeness (QED) is 0.0262. The summed E-state index contributed by atoms with van der Waals surface area (Å²) < 4.78 is 16.8. The van der Waals surface area contributed by atoms with Crippen molar-refractivity contribution in [2.24, 2.45) is 0 Å². The third kappa shape index (κ3) is 53.9. The molecule has 0 radical (unpaired) electrons. The first-order chi connectivity index (χ1) is 33.0. The van der Waals surface area contributed by atoms with Crippen LogP contribution in [0.25, 0.3) is 0 Å². The lowest BCUT2D eigenvalue weighted by Crippen LogP contribution is -2.30. The number of carbonyl (C=O) groups excluding carboxylic acids is 3. The van der Waals surface area contributed by atoms with E-state index in [1.807, 2.05) is 6.08 Å². The van der Waals surface area contributed by atoms with Crippen LogP contribution in [-0.2, 0) is 28.6 Å². The molecule has 0 rings (SSSR count).